The lowest BCUT2D eigenvalue weighted by atomic mass is 10.0. The minimum absolute atomic E-state index is 0.0243. The summed E-state index contributed by atoms with van der Waals surface area (Å²) in [5, 5.41) is 24.3. The van der Waals surface area contributed by atoms with Gasteiger partial charge in [-0.3, -0.25) is 14.3 Å². The molecule has 2 heterocycles. The van der Waals surface area contributed by atoms with E-state index in [2.05, 4.69) is 15.4 Å². The van der Waals surface area contributed by atoms with Gasteiger partial charge < -0.3 is 11.1 Å². The van der Waals surface area contributed by atoms with Gasteiger partial charge in [0.25, 0.3) is 11.8 Å². The topological polar surface area (TPSA) is 150 Å². The van der Waals surface area contributed by atoms with E-state index in [1.165, 1.54) is 37.3 Å². The van der Waals surface area contributed by atoms with Crippen molar-refractivity contribution < 1.29 is 22.8 Å². The number of benzene rings is 2. The van der Waals surface area contributed by atoms with Gasteiger partial charge in [-0.1, -0.05) is 12.1 Å². The van der Waals surface area contributed by atoms with Crippen LogP contribution in [0.4, 0.5) is 18.9 Å². The van der Waals surface area contributed by atoms with E-state index in [1.807, 2.05) is 12.1 Å². The number of nitriles is 2. The maximum Gasteiger partial charge on any atom is 0.437 e. The highest BCUT2D eigenvalue weighted by Gasteiger charge is 2.39. The second kappa shape index (κ2) is 9.43. The van der Waals surface area contributed by atoms with Crippen LogP contribution in [-0.4, -0.2) is 26.6 Å². The molecule has 2 amide bonds. The van der Waals surface area contributed by atoms with Gasteiger partial charge in [0.05, 0.1) is 52.3 Å². The number of aromatic nitrogens is 3. The van der Waals surface area contributed by atoms with E-state index < -0.39 is 29.4 Å². The smallest absolute Gasteiger partial charge is 0.364 e. The van der Waals surface area contributed by atoms with Gasteiger partial charge in [-0.2, -0.15) is 28.8 Å². The SMILES string of the molecule is Cc1c(NC(=O)c2cc(C(N)=O)nc3ccc(C#N)cc23)c(C(F)(F)F)nn1Cc1ccc(C#N)cc1. The number of hydrogen-bond acceptors (Lipinski definition) is 6. The van der Waals surface area contributed by atoms with E-state index >= 15 is 0 Å². The van der Waals surface area contributed by atoms with E-state index in [-0.39, 0.29) is 40.0 Å². The summed E-state index contributed by atoms with van der Waals surface area (Å²) in [4.78, 5) is 29.1. The van der Waals surface area contributed by atoms with Crippen molar-refractivity contribution in [2.45, 2.75) is 19.6 Å². The Balaban J connectivity index is 1.79. The van der Waals surface area contributed by atoms with Gasteiger partial charge in [0, 0.05) is 5.39 Å². The normalized spacial score (nSPS) is 11.1. The van der Waals surface area contributed by atoms with Crippen molar-refractivity contribution in [3.05, 3.63) is 87.9 Å². The number of anilines is 1. The van der Waals surface area contributed by atoms with Gasteiger partial charge >= 0.3 is 6.18 Å². The van der Waals surface area contributed by atoms with E-state index in [1.54, 1.807) is 12.1 Å². The van der Waals surface area contributed by atoms with Crippen LogP contribution in [0.3, 0.4) is 0 Å². The van der Waals surface area contributed by atoms with Gasteiger partial charge in [0.2, 0.25) is 0 Å². The molecule has 0 saturated heterocycles. The fourth-order valence-electron chi connectivity index (χ4n) is 3.70. The van der Waals surface area contributed by atoms with Crippen LogP contribution in [0.5, 0.6) is 0 Å². The molecule has 4 rings (SSSR count). The van der Waals surface area contributed by atoms with Gasteiger partial charge in [0.15, 0.2) is 5.69 Å². The van der Waals surface area contributed by atoms with Crippen LogP contribution in [0.1, 0.15) is 48.9 Å². The van der Waals surface area contributed by atoms with Crippen molar-refractivity contribution in [1.82, 2.24) is 14.8 Å². The first-order chi connectivity index (χ1) is 17.5. The fourth-order valence-corrected chi connectivity index (χ4v) is 3.70. The van der Waals surface area contributed by atoms with Crippen LogP contribution < -0.4 is 11.1 Å². The number of rotatable bonds is 5. The standard InChI is InChI=1S/C25H16F3N7O2/c1-13-21(22(25(26,27)28)34-35(13)12-15-4-2-14(10-29)3-5-15)33-24(37)18-9-20(23(31)36)32-19-7-6-16(11-30)8-17(18)19/h2-9H,12H2,1H3,(H2,31,36)(H,33,37). The Hall–Kier alpha value is -5.23. The molecule has 0 aliphatic rings. The van der Waals surface area contributed by atoms with Crippen LogP contribution >= 0.6 is 0 Å². The maximum atomic E-state index is 13.9. The third kappa shape index (κ3) is 4.94. The number of pyridine rings is 1. The van der Waals surface area contributed by atoms with Crippen LogP contribution in [0.15, 0.2) is 48.5 Å². The van der Waals surface area contributed by atoms with Crippen molar-refractivity contribution in [3.63, 3.8) is 0 Å². The molecular formula is C25H16F3N7O2. The molecule has 3 N–H and O–H groups in total. The summed E-state index contributed by atoms with van der Waals surface area (Å²) in [6, 6.07) is 15.3. The number of nitrogens with one attached hydrogen (secondary N) is 1. The Morgan fingerprint density at radius 2 is 1.70 bits per heavy atom. The second-order valence-electron chi connectivity index (χ2n) is 7.99. The van der Waals surface area contributed by atoms with E-state index in [0.717, 1.165) is 10.7 Å². The molecule has 0 aliphatic carbocycles. The number of carbonyl (C=O) groups excluding carboxylic acids is 2. The third-order valence-corrected chi connectivity index (χ3v) is 5.56. The molecule has 2 aromatic carbocycles. The zero-order valence-electron chi connectivity index (χ0n) is 19.1. The third-order valence-electron chi connectivity index (χ3n) is 5.56. The Morgan fingerprint density at radius 1 is 1.05 bits per heavy atom. The van der Waals surface area contributed by atoms with Crippen LogP contribution in [0, 0.1) is 29.6 Å². The van der Waals surface area contributed by atoms with E-state index in [0.29, 0.717) is 11.1 Å². The molecule has 4 aromatic rings. The van der Waals surface area contributed by atoms with Gasteiger partial charge in [0.1, 0.15) is 5.69 Å². The van der Waals surface area contributed by atoms with Gasteiger partial charge in [-0.05, 0) is 48.9 Å². The highest BCUT2D eigenvalue weighted by Crippen LogP contribution is 2.36. The minimum atomic E-state index is -4.89. The predicted molar refractivity (Wildman–Crippen MR) is 125 cm³/mol. The van der Waals surface area contributed by atoms with Gasteiger partial charge in [-0.15, -0.1) is 0 Å². The molecule has 0 fully saturated rings. The lowest BCUT2D eigenvalue weighted by Crippen LogP contribution is -2.19. The molecule has 0 radical (unpaired) electrons. The average molecular weight is 503 g/mol. The molecule has 184 valence electrons. The van der Waals surface area contributed by atoms with Crippen molar-refractivity contribution in [1.29, 1.82) is 10.5 Å². The number of primary amides is 1. The summed E-state index contributed by atoms with van der Waals surface area (Å²) in [5.74, 6) is -1.92. The van der Waals surface area contributed by atoms with E-state index in [9.17, 15) is 28.0 Å². The monoisotopic (exact) mass is 503 g/mol. The second-order valence-corrected chi connectivity index (χ2v) is 7.99. The van der Waals surface area contributed by atoms with E-state index in [4.69, 9.17) is 11.0 Å². The highest BCUT2D eigenvalue weighted by molar-refractivity contribution is 6.14. The highest BCUT2D eigenvalue weighted by atomic mass is 19.4. The average Bonchev–Trinajstić information content (AvgIpc) is 3.18. The lowest BCUT2D eigenvalue weighted by Gasteiger charge is -2.12. The molecule has 0 saturated carbocycles. The Labute approximate surface area is 207 Å². The molecule has 2 aromatic heterocycles. The zero-order valence-corrected chi connectivity index (χ0v) is 19.1. The first-order valence-electron chi connectivity index (χ1n) is 10.6. The maximum absolute atomic E-state index is 13.9. The van der Waals surface area contributed by atoms with Crippen molar-refractivity contribution in [2.75, 3.05) is 5.32 Å². The molecule has 0 atom stereocenters. The molecule has 12 heteroatoms. The van der Waals surface area contributed by atoms with Crippen molar-refractivity contribution in [3.8, 4) is 12.1 Å². The van der Waals surface area contributed by atoms with Crippen molar-refractivity contribution >= 4 is 28.4 Å². The quantitative estimate of drug-likeness (QED) is 0.422. The zero-order chi connectivity index (χ0) is 26.9. The van der Waals surface area contributed by atoms with Crippen molar-refractivity contribution in [2.24, 2.45) is 5.73 Å². The van der Waals surface area contributed by atoms with Crippen LogP contribution in [-0.2, 0) is 12.7 Å². The largest absolute Gasteiger partial charge is 0.437 e. The van der Waals surface area contributed by atoms with Crippen LogP contribution in [0.25, 0.3) is 10.9 Å². The Morgan fingerprint density at radius 3 is 2.30 bits per heavy atom. The number of amides is 2. The summed E-state index contributed by atoms with van der Waals surface area (Å²) in [6.45, 7) is 1.32. The summed E-state index contributed by atoms with van der Waals surface area (Å²) >= 11 is 0. The molecule has 0 unspecified atom stereocenters. The summed E-state index contributed by atoms with van der Waals surface area (Å²) in [5.41, 5.74) is 4.33. The van der Waals surface area contributed by atoms with Crippen LogP contribution in [0.2, 0.25) is 0 Å². The summed E-state index contributed by atoms with van der Waals surface area (Å²) in [7, 11) is 0. The predicted octanol–water partition coefficient (Wildman–Crippen LogP) is 3.90. The lowest BCUT2D eigenvalue weighted by molar-refractivity contribution is -0.140. The number of alkyl halides is 3. The summed E-state index contributed by atoms with van der Waals surface area (Å²) < 4.78 is 42.7. The number of hydrogen-bond donors (Lipinski definition) is 2. The number of halogens is 3. The molecule has 37 heavy (non-hydrogen) atoms. The Bertz CT molecular complexity index is 1640. The molecular weight excluding hydrogens is 487 g/mol. The molecule has 9 nitrogen and oxygen atoms in total. The molecule has 0 aliphatic heterocycles. The Kier molecular flexibility index (Phi) is 6.34. The number of carbonyl (C=O) groups is 2. The number of fused-ring (bicyclic) bond motifs is 1. The first-order valence-corrected chi connectivity index (χ1v) is 10.6. The molecule has 0 spiro atoms. The van der Waals surface area contributed by atoms with Gasteiger partial charge in [-0.25, -0.2) is 4.98 Å². The first kappa shape index (κ1) is 24.9. The molecule has 0 bridgehead atoms. The number of nitrogens with zero attached hydrogens (tertiary/aromatic N) is 5. The minimum Gasteiger partial charge on any atom is -0.364 e. The summed E-state index contributed by atoms with van der Waals surface area (Å²) in [6.07, 6.45) is -4.89. The number of nitrogens with two attached hydrogens (primary N) is 1. The fraction of sp³-hybridized carbons (Fsp3) is 0.120.